The number of benzene rings is 2. The normalized spacial score (nSPS) is 12.2. The van der Waals surface area contributed by atoms with Crippen molar-refractivity contribution in [3.8, 4) is 11.5 Å². The third-order valence-corrected chi connectivity index (χ3v) is 3.81. The summed E-state index contributed by atoms with van der Waals surface area (Å²) < 4.78 is 15.1. The quantitative estimate of drug-likeness (QED) is 0.467. The average Bonchev–Trinajstić information content (AvgIpc) is 2.70. The van der Waals surface area contributed by atoms with Crippen molar-refractivity contribution < 1.29 is 28.9 Å². The van der Waals surface area contributed by atoms with Gasteiger partial charge in [0.2, 0.25) is 0 Å². The highest BCUT2D eigenvalue weighted by Gasteiger charge is 2.25. The van der Waals surface area contributed by atoms with E-state index < -0.39 is 17.9 Å². The first-order valence-corrected chi connectivity index (χ1v) is 7.81. The molecule has 0 aliphatic heterocycles. The highest BCUT2D eigenvalue weighted by molar-refractivity contribution is 6.10. The molecular formula is C20H20O6. The van der Waals surface area contributed by atoms with E-state index in [9.17, 15) is 14.7 Å². The number of carbonyl (C=O) groups is 2. The third-order valence-electron chi connectivity index (χ3n) is 3.81. The van der Waals surface area contributed by atoms with Crippen molar-refractivity contribution in [2.45, 2.75) is 6.10 Å². The number of hydrogen-bond acceptors (Lipinski definition) is 6. The Morgan fingerprint density at radius 2 is 1.50 bits per heavy atom. The Morgan fingerprint density at radius 1 is 0.923 bits per heavy atom. The van der Waals surface area contributed by atoms with Crippen molar-refractivity contribution in [1.82, 2.24) is 0 Å². The summed E-state index contributed by atoms with van der Waals surface area (Å²) in [7, 11) is 4.08. The molecule has 1 N–H and O–H groups in total. The molecule has 0 bridgehead atoms. The molecule has 2 aromatic carbocycles. The van der Waals surface area contributed by atoms with Crippen LogP contribution in [0.3, 0.4) is 0 Å². The molecule has 6 nitrogen and oxygen atoms in total. The van der Waals surface area contributed by atoms with Crippen LogP contribution in [-0.4, -0.2) is 38.2 Å². The maximum Gasteiger partial charge on any atom is 0.336 e. The van der Waals surface area contributed by atoms with Crippen molar-refractivity contribution in [3.05, 3.63) is 71.3 Å². The molecule has 2 rings (SSSR count). The number of allylic oxidation sites excluding steroid dienone is 1. The molecule has 0 amide bonds. The molecule has 2 aromatic rings. The van der Waals surface area contributed by atoms with Crippen LogP contribution in [0, 0.1) is 0 Å². The number of aliphatic hydroxyl groups is 1. The van der Waals surface area contributed by atoms with Gasteiger partial charge in [0.15, 0.2) is 5.78 Å². The van der Waals surface area contributed by atoms with Gasteiger partial charge in [0, 0.05) is 5.56 Å². The zero-order chi connectivity index (χ0) is 19.1. The van der Waals surface area contributed by atoms with Crippen LogP contribution < -0.4 is 9.47 Å². The highest BCUT2D eigenvalue weighted by atomic mass is 16.5. The summed E-state index contributed by atoms with van der Waals surface area (Å²) in [6, 6.07) is 13.3. The van der Waals surface area contributed by atoms with Crippen LogP contribution in [0.25, 0.3) is 0 Å². The summed E-state index contributed by atoms with van der Waals surface area (Å²) in [5.74, 6) is -0.548. The SMILES string of the molecule is COC(=O)/C(=C\C(=O)c1ccccc1OC)C(O)c1ccccc1OC. The summed E-state index contributed by atoms with van der Waals surface area (Å²) in [5, 5.41) is 10.7. The molecule has 0 saturated heterocycles. The molecule has 1 atom stereocenters. The molecule has 26 heavy (non-hydrogen) atoms. The predicted octanol–water partition coefficient (Wildman–Crippen LogP) is 2.72. The van der Waals surface area contributed by atoms with E-state index in [-0.39, 0.29) is 11.1 Å². The second-order valence-corrected chi connectivity index (χ2v) is 5.30. The third kappa shape index (κ3) is 4.10. The van der Waals surface area contributed by atoms with Crippen molar-refractivity contribution in [2.24, 2.45) is 0 Å². The van der Waals surface area contributed by atoms with Crippen LogP contribution in [0.4, 0.5) is 0 Å². The van der Waals surface area contributed by atoms with Gasteiger partial charge < -0.3 is 19.3 Å². The lowest BCUT2D eigenvalue weighted by atomic mass is 9.97. The molecular weight excluding hydrogens is 336 g/mol. The topological polar surface area (TPSA) is 82.1 Å². The molecule has 0 heterocycles. The first-order valence-electron chi connectivity index (χ1n) is 7.81. The van der Waals surface area contributed by atoms with Crippen LogP contribution in [0.1, 0.15) is 22.0 Å². The van der Waals surface area contributed by atoms with Gasteiger partial charge in [0.1, 0.15) is 17.6 Å². The minimum atomic E-state index is -1.39. The van der Waals surface area contributed by atoms with Gasteiger partial charge in [0.05, 0.1) is 32.5 Å². The second kappa shape index (κ2) is 8.82. The smallest absolute Gasteiger partial charge is 0.336 e. The van der Waals surface area contributed by atoms with E-state index in [1.54, 1.807) is 48.5 Å². The minimum Gasteiger partial charge on any atom is -0.496 e. The maximum absolute atomic E-state index is 12.6. The van der Waals surface area contributed by atoms with E-state index in [1.165, 1.54) is 21.3 Å². The van der Waals surface area contributed by atoms with Gasteiger partial charge in [-0.25, -0.2) is 4.79 Å². The number of esters is 1. The summed E-state index contributed by atoms with van der Waals surface area (Å²) in [4.78, 5) is 24.8. The first-order chi connectivity index (χ1) is 12.5. The van der Waals surface area contributed by atoms with Gasteiger partial charge in [-0.05, 0) is 24.3 Å². The predicted molar refractivity (Wildman–Crippen MR) is 95.4 cm³/mol. The zero-order valence-electron chi connectivity index (χ0n) is 14.8. The number of aliphatic hydroxyl groups excluding tert-OH is 1. The number of methoxy groups -OCH3 is 3. The van der Waals surface area contributed by atoms with E-state index in [2.05, 4.69) is 0 Å². The van der Waals surface area contributed by atoms with Gasteiger partial charge in [-0.2, -0.15) is 0 Å². The molecule has 136 valence electrons. The zero-order valence-corrected chi connectivity index (χ0v) is 14.8. The Hall–Kier alpha value is -3.12. The summed E-state index contributed by atoms with van der Waals surface area (Å²) in [6.07, 6.45) is -0.335. The molecule has 0 spiro atoms. The summed E-state index contributed by atoms with van der Waals surface area (Å²) in [6.45, 7) is 0. The fourth-order valence-corrected chi connectivity index (χ4v) is 2.49. The van der Waals surface area contributed by atoms with Crippen LogP contribution >= 0.6 is 0 Å². The van der Waals surface area contributed by atoms with E-state index in [1.807, 2.05) is 0 Å². The lowest BCUT2D eigenvalue weighted by Gasteiger charge is -2.16. The fraction of sp³-hybridized carbons (Fsp3) is 0.200. The van der Waals surface area contributed by atoms with E-state index >= 15 is 0 Å². The Balaban J connectivity index is 2.48. The van der Waals surface area contributed by atoms with Crippen LogP contribution in [-0.2, 0) is 9.53 Å². The largest absolute Gasteiger partial charge is 0.496 e. The monoisotopic (exact) mass is 356 g/mol. The average molecular weight is 356 g/mol. The first kappa shape index (κ1) is 19.2. The molecule has 0 aromatic heterocycles. The molecule has 0 aliphatic rings. The van der Waals surface area contributed by atoms with Crippen molar-refractivity contribution >= 4 is 11.8 Å². The Morgan fingerprint density at radius 3 is 2.12 bits per heavy atom. The van der Waals surface area contributed by atoms with Gasteiger partial charge in [0.25, 0.3) is 0 Å². The maximum atomic E-state index is 12.6. The number of ketones is 1. The van der Waals surface area contributed by atoms with Gasteiger partial charge in [-0.1, -0.05) is 30.3 Å². The van der Waals surface area contributed by atoms with Gasteiger partial charge in [-0.3, -0.25) is 4.79 Å². The lowest BCUT2D eigenvalue weighted by molar-refractivity contribution is -0.137. The van der Waals surface area contributed by atoms with Crippen molar-refractivity contribution in [1.29, 1.82) is 0 Å². The number of rotatable bonds is 7. The molecule has 0 radical (unpaired) electrons. The number of para-hydroxylation sites is 2. The standard InChI is InChI=1S/C20H20O6/c1-24-17-10-6-4-8-13(17)16(21)12-15(20(23)26-3)19(22)14-9-5-7-11-18(14)25-2/h4-12,19,22H,1-3H3/b15-12-. The van der Waals surface area contributed by atoms with E-state index in [0.717, 1.165) is 6.08 Å². The Labute approximate surface area is 151 Å². The molecule has 1 unspecified atom stereocenters. The lowest BCUT2D eigenvalue weighted by Crippen LogP contribution is -2.16. The summed E-state index contributed by atoms with van der Waals surface area (Å²) >= 11 is 0. The van der Waals surface area contributed by atoms with Crippen molar-refractivity contribution in [3.63, 3.8) is 0 Å². The van der Waals surface area contributed by atoms with E-state index in [0.29, 0.717) is 17.1 Å². The Bertz CT molecular complexity index is 825. The number of hydrogen-bond donors (Lipinski definition) is 1. The van der Waals surface area contributed by atoms with E-state index in [4.69, 9.17) is 14.2 Å². The molecule has 0 saturated carbocycles. The fourth-order valence-electron chi connectivity index (χ4n) is 2.49. The second-order valence-electron chi connectivity index (χ2n) is 5.30. The molecule has 0 fully saturated rings. The number of carbonyl (C=O) groups excluding carboxylic acids is 2. The summed E-state index contributed by atoms with van der Waals surface area (Å²) in [5.41, 5.74) is 0.413. The van der Waals surface area contributed by atoms with Crippen molar-refractivity contribution in [2.75, 3.05) is 21.3 Å². The minimum absolute atomic E-state index is 0.201. The Kier molecular flexibility index (Phi) is 6.52. The highest BCUT2D eigenvalue weighted by Crippen LogP contribution is 2.31. The molecule has 6 heteroatoms. The number of ether oxygens (including phenoxy) is 3. The van der Waals surface area contributed by atoms with Gasteiger partial charge >= 0.3 is 5.97 Å². The van der Waals surface area contributed by atoms with Crippen LogP contribution in [0.5, 0.6) is 11.5 Å². The van der Waals surface area contributed by atoms with Crippen LogP contribution in [0.2, 0.25) is 0 Å². The molecule has 0 aliphatic carbocycles. The van der Waals surface area contributed by atoms with Gasteiger partial charge in [-0.15, -0.1) is 0 Å². The van der Waals surface area contributed by atoms with Crippen LogP contribution in [0.15, 0.2) is 60.2 Å².